The molecule has 1 N–H and O–H groups in total. The van der Waals surface area contributed by atoms with Gasteiger partial charge < -0.3 is 19.1 Å². The Morgan fingerprint density at radius 3 is 2.86 bits per heavy atom. The van der Waals surface area contributed by atoms with Gasteiger partial charge in [-0.05, 0) is 20.1 Å². The maximum Gasteiger partial charge on any atom is 0.110 e. The Balaban J connectivity index is 2.19. The van der Waals surface area contributed by atoms with Crippen molar-refractivity contribution in [3.05, 3.63) is 0 Å². The lowest BCUT2D eigenvalue weighted by Gasteiger charge is -2.35. The smallest absolute Gasteiger partial charge is 0.110 e. The molecule has 1 heterocycles. The minimum Gasteiger partial charge on any atom is -0.381 e. The topological polar surface area (TPSA) is 43.0 Å². The molecular formula is C13H27B2N2O3P. The van der Waals surface area contributed by atoms with Crippen molar-refractivity contribution in [2.24, 2.45) is 0 Å². The summed E-state index contributed by atoms with van der Waals surface area (Å²) >= 11 is 0. The summed E-state index contributed by atoms with van der Waals surface area (Å²) < 4.78 is 17.1. The lowest BCUT2D eigenvalue weighted by atomic mass is 9.98. The zero-order valence-electron chi connectivity index (χ0n) is 13.4. The molecule has 0 aromatic heterocycles. The summed E-state index contributed by atoms with van der Waals surface area (Å²) in [5, 5.41) is 3.19. The number of hydrogen-bond donors (Lipinski definition) is 1. The second-order valence-corrected chi connectivity index (χ2v) is 6.24. The van der Waals surface area contributed by atoms with Gasteiger partial charge in [-0.15, -0.1) is 0 Å². The second-order valence-electron chi connectivity index (χ2n) is 5.39. The Hall–Kier alpha value is 0.360. The predicted octanol–water partition coefficient (Wildman–Crippen LogP) is -0.0691. The molecule has 1 rings (SSSR count). The first-order chi connectivity index (χ1) is 10.0. The second kappa shape index (κ2) is 11.0. The number of nitrogens with zero attached hydrogens (tertiary/aromatic N) is 1. The van der Waals surface area contributed by atoms with Gasteiger partial charge in [0.1, 0.15) is 15.7 Å². The Labute approximate surface area is 133 Å². The van der Waals surface area contributed by atoms with E-state index < -0.39 is 0 Å². The Morgan fingerprint density at radius 1 is 1.48 bits per heavy atom. The van der Waals surface area contributed by atoms with Gasteiger partial charge in [-0.2, -0.15) is 0 Å². The van der Waals surface area contributed by atoms with Crippen LogP contribution >= 0.6 is 8.73 Å². The molecule has 4 radical (unpaired) electrons. The van der Waals surface area contributed by atoms with Crippen molar-refractivity contribution in [2.75, 3.05) is 46.6 Å². The molecule has 0 aromatic rings. The molecule has 0 bridgehead atoms. The van der Waals surface area contributed by atoms with Crippen LogP contribution in [-0.4, -0.2) is 91.4 Å². The van der Waals surface area contributed by atoms with Crippen LogP contribution in [0.5, 0.6) is 0 Å². The van der Waals surface area contributed by atoms with Crippen molar-refractivity contribution < 1.29 is 14.2 Å². The van der Waals surface area contributed by atoms with Crippen LogP contribution in [0.15, 0.2) is 0 Å². The Kier molecular flexibility index (Phi) is 10.1. The van der Waals surface area contributed by atoms with Crippen LogP contribution in [0, 0.1) is 0 Å². The van der Waals surface area contributed by atoms with Crippen molar-refractivity contribution in [3.63, 3.8) is 0 Å². The molecule has 21 heavy (non-hydrogen) atoms. The van der Waals surface area contributed by atoms with Gasteiger partial charge in [0.15, 0.2) is 0 Å². The lowest BCUT2D eigenvalue weighted by molar-refractivity contribution is -0.0973. The number of rotatable bonds is 10. The van der Waals surface area contributed by atoms with Crippen molar-refractivity contribution in [3.8, 4) is 0 Å². The van der Waals surface area contributed by atoms with Crippen LogP contribution in [0.3, 0.4) is 0 Å². The van der Waals surface area contributed by atoms with Gasteiger partial charge in [0.25, 0.3) is 0 Å². The first kappa shape index (κ1) is 19.4. The molecule has 1 fully saturated rings. The van der Waals surface area contributed by atoms with Gasteiger partial charge in [-0.3, -0.25) is 5.09 Å². The first-order valence-electron chi connectivity index (χ1n) is 7.53. The van der Waals surface area contributed by atoms with Crippen LogP contribution in [-0.2, 0) is 14.2 Å². The highest BCUT2D eigenvalue weighted by Gasteiger charge is 2.23. The summed E-state index contributed by atoms with van der Waals surface area (Å²) in [5.41, 5.74) is 0. The van der Waals surface area contributed by atoms with E-state index in [1.54, 1.807) is 0 Å². The Bertz CT molecular complexity index is 270. The number of morpholine rings is 1. The summed E-state index contributed by atoms with van der Waals surface area (Å²) in [5.74, 6) is 0. The quantitative estimate of drug-likeness (QED) is 0.452. The average molecular weight is 312 g/mol. The van der Waals surface area contributed by atoms with Gasteiger partial charge in [-0.25, -0.2) is 0 Å². The van der Waals surface area contributed by atoms with Crippen LogP contribution in [0.2, 0.25) is 0 Å². The van der Waals surface area contributed by atoms with E-state index in [0.717, 1.165) is 19.5 Å². The number of hydrogen-bond acceptors (Lipinski definition) is 5. The van der Waals surface area contributed by atoms with E-state index in [4.69, 9.17) is 29.9 Å². The monoisotopic (exact) mass is 312 g/mol. The van der Waals surface area contributed by atoms with E-state index >= 15 is 0 Å². The molecule has 0 spiro atoms. The van der Waals surface area contributed by atoms with Crippen LogP contribution < -0.4 is 5.09 Å². The van der Waals surface area contributed by atoms with Crippen LogP contribution in [0.25, 0.3) is 0 Å². The van der Waals surface area contributed by atoms with Crippen molar-refractivity contribution in [1.29, 1.82) is 0 Å². The zero-order valence-corrected chi connectivity index (χ0v) is 14.4. The molecule has 1 saturated heterocycles. The molecular weight excluding hydrogens is 285 g/mol. The fraction of sp³-hybridized carbons (Fsp3) is 1.00. The fourth-order valence-corrected chi connectivity index (χ4v) is 2.64. The summed E-state index contributed by atoms with van der Waals surface area (Å²) in [7, 11) is 14.4. The van der Waals surface area contributed by atoms with Gasteiger partial charge in [0.05, 0.1) is 25.4 Å². The van der Waals surface area contributed by atoms with Gasteiger partial charge in [-0.1, -0.05) is 15.7 Å². The summed E-state index contributed by atoms with van der Waals surface area (Å²) in [6.07, 6.45) is 0.900. The normalized spacial score (nSPS) is 27.2. The number of nitrogens with one attached hydrogen (secondary N) is 1. The SMILES string of the molecule is [B][C@@H](CNPC)O[C@H](CC)COC[C@@H]1CN(C)C[C@H]([B])O1. The predicted molar refractivity (Wildman–Crippen MR) is 89.7 cm³/mol. The number of ether oxygens (including phenoxy) is 3. The molecule has 0 aromatic carbocycles. The Morgan fingerprint density at radius 2 is 2.24 bits per heavy atom. The first-order valence-corrected chi connectivity index (χ1v) is 9.03. The third kappa shape index (κ3) is 8.53. The molecule has 8 heteroatoms. The average Bonchev–Trinajstić information content (AvgIpc) is 2.43. The van der Waals surface area contributed by atoms with Gasteiger partial charge >= 0.3 is 0 Å². The molecule has 1 aliphatic rings. The summed E-state index contributed by atoms with van der Waals surface area (Å²) in [6.45, 7) is 7.45. The molecule has 118 valence electrons. The van der Waals surface area contributed by atoms with E-state index in [-0.39, 0.29) is 24.2 Å². The largest absolute Gasteiger partial charge is 0.381 e. The summed E-state index contributed by atoms with van der Waals surface area (Å²) in [6, 6.07) is -0.526. The third-order valence-electron chi connectivity index (χ3n) is 3.28. The molecule has 0 saturated carbocycles. The van der Waals surface area contributed by atoms with E-state index in [1.807, 2.05) is 7.05 Å². The van der Waals surface area contributed by atoms with E-state index in [1.165, 1.54) is 0 Å². The van der Waals surface area contributed by atoms with Crippen molar-refractivity contribution in [1.82, 2.24) is 9.99 Å². The highest BCUT2D eigenvalue weighted by Crippen LogP contribution is 2.09. The van der Waals surface area contributed by atoms with E-state index in [9.17, 15) is 0 Å². The summed E-state index contributed by atoms with van der Waals surface area (Å²) in [4.78, 5) is 2.16. The van der Waals surface area contributed by atoms with Crippen LogP contribution in [0.4, 0.5) is 0 Å². The molecule has 5 atom stereocenters. The fourth-order valence-electron chi connectivity index (χ4n) is 2.24. The maximum absolute atomic E-state index is 5.90. The molecule has 5 nitrogen and oxygen atoms in total. The van der Waals surface area contributed by atoms with E-state index in [0.29, 0.717) is 28.5 Å². The van der Waals surface area contributed by atoms with Crippen LogP contribution in [0.1, 0.15) is 13.3 Å². The van der Waals surface area contributed by atoms with E-state index in [2.05, 4.69) is 23.6 Å². The lowest BCUT2D eigenvalue weighted by Crippen LogP contribution is -2.47. The maximum atomic E-state index is 5.90. The molecule has 1 aliphatic heterocycles. The number of likely N-dealkylation sites (N-methyl/N-ethyl adjacent to an activating group) is 1. The highest BCUT2D eigenvalue weighted by molar-refractivity contribution is 7.34. The minimum atomic E-state index is -0.295. The molecule has 0 aliphatic carbocycles. The highest BCUT2D eigenvalue weighted by atomic mass is 31.1. The minimum absolute atomic E-state index is 0.0111. The standard InChI is InChI=1S/C13H27B2N2O3P/c1-4-10(19-12(14)5-16-21-3)8-18-9-11-6-17(2)7-13(15)20-11/h10-13,16,21H,4-9H2,1-3H3/t10-,11+,12-,13-/m1/s1. The third-order valence-corrected chi connectivity index (χ3v) is 3.84. The molecule has 0 amide bonds. The zero-order chi connectivity index (χ0) is 15.7. The van der Waals surface area contributed by atoms with Gasteiger partial charge in [0.2, 0.25) is 0 Å². The van der Waals surface area contributed by atoms with Crippen molar-refractivity contribution >= 4 is 24.4 Å². The molecule has 1 unspecified atom stereocenters. The van der Waals surface area contributed by atoms with Crippen molar-refractivity contribution in [2.45, 2.75) is 37.6 Å². The van der Waals surface area contributed by atoms with Gasteiger partial charge in [0, 0.05) is 31.6 Å².